The fourth-order valence-corrected chi connectivity index (χ4v) is 2.63. The molecule has 1 saturated carbocycles. The lowest BCUT2D eigenvalue weighted by Gasteiger charge is -2.21. The lowest BCUT2D eigenvalue weighted by atomic mass is 10.2. The largest absolute Gasteiger partial charge is 0.339 e. The summed E-state index contributed by atoms with van der Waals surface area (Å²) in [6.07, 6.45) is 7.43. The summed E-state index contributed by atoms with van der Waals surface area (Å²) in [5.41, 5.74) is 0. The minimum atomic E-state index is 0.415. The van der Waals surface area contributed by atoms with Crippen LogP contribution < -0.4 is 0 Å². The van der Waals surface area contributed by atoms with E-state index in [0.29, 0.717) is 12.0 Å². The number of hydrogen-bond acceptors (Lipinski definition) is 4. The van der Waals surface area contributed by atoms with Gasteiger partial charge in [0.1, 0.15) is 0 Å². The van der Waals surface area contributed by atoms with Crippen LogP contribution in [0.2, 0.25) is 0 Å². The molecule has 1 aromatic heterocycles. The van der Waals surface area contributed by atoms with Crippen molar-refractivity contribution in [3.05, 3.63) is 11.7 Å². The van der Waals surface area contributed by atoms with Crippen molar-refractivity contribution in [3.8, 4) is 0 Å². The number of hydrogen-bond donors (Lipinski definition) is 0. The Morgan fingerprint density at radius 2 is 2.24 bits per heavy atom. The molecule has 0 amide bonds. The average Bonchev–Trinajstić information content (AvgIpc) is 2.92. The smallest absolute Gasteiger partial charge is 0.229 e. The Hall–Kier alpha value is -0.900. The van der Waals surface area contributed by atoms with Gasteiger partial charge < -0.3 is 4.52 Å². The zero-order chi connectivity index (χ0) is 11.7. The molecule has 0 radical (unpaired) electrons. The van der Waals surface area contributed by atoms with Crippen LogP contribution >= 0.6 is 0 Å². The van der Waals surface area contributed by atoms with Crippen molar-refractivity contribution in [2.45, 2.75) is 57.4 Å². The predicted molar refractivity (Wildman–Crippen MR) is 64.7 cm³/mol. The molecule has 2 fully saturated rings. The molecular weight excluding hydrogens is 214 g/mol. The molecule has 0 aromatic carbocycles. The fourth-order valence-electron chi connectivity index (χ4n) is 2.63. The minimum Gasteiger partial charge on any atom is -0.339 e. The fraction of sp³-hybridized carbons (Fsp3) is 0.846. The molecule has 0 spiro atoms. The second-order valence-corrected chi connectivity index (χ2v) is 5.31. The summed E-state index contributed by atoms with van der Waals surface area (Å²) >= 11 is 0. The van der Waals surface area contributed by atoms with Crippen LogP contribution in [0.1, 0.15) is 69.1 Å². The van der Waals surface area contributed by atoms with E-state index in [1.165, 1.54) is 51.6 Å². The van der Waals surface area contributed by atoms with E-state index < -0.39 is 0 Å². The summed E-state index contributed by atoms with van der Waals surface area (Å²) in [4.78, 5) is 7.11. The highest BCUT2D eigenvalue weighted by Gasteiger charge is 2.33. The van der Waals surface area contributed by atoms with Gasteiger partial charge in [0.15, 0.2) is 5.82 Å². The third-order valence-electron chi connectivity index (χ3n) is 3.84. The topological polar surface area (TPSA) is 42.2 Å². The highest BCUT2D eigenvalue weighted by Crippen LogP contribution is 2.40. The second-order valence-electron chi connectivity index (χ2n) is 5.31. The van der Waals surface area contributed by atoms with Crippen molar-refractivity contribution < 1.29 is 4.52 Å². The van der Waals surface area contributed by atoms with Gasteiger partial charge in [-0.1, -0.05) is 18.5 Å². The molecule has 1 aliphatic carbocycles. The molecule has 4 heteroatoms. The maximum Gasteiger partial charge on any atom is 0.229 e. The summed E-state index contributed by atoms with van der Waals surface area (Å²) < 4.78 is 5.37. The third kappa shape index (κ3) is 2.37. The van der Waals surface area contributed by atoms with E-state index >= 15 is 0 Å². The molecule has 2 aliphatic rings. The van der Waals surface area contributed by atoms with E-state index in [1.54, 1.807) is 0 Å². The minimum absolute atomic E-state index is 0.415. The van der Waals surface area contributed by atoms with E-state index in [1.807, 2.05) is 0 Å². The molecule has 0 unspecified atom stereocenters. The number of likely N-dealkylation sites (tertiary alicyclic amines) is 1. The molecular formula is C13H21N3O. The average molecular weight is 235 g/mol. The van der Waals surface area contributed by atoms with Crippen molar-refractivity contribution >= 4 is 0 Å². The Labute approximate surface area is 102 Å². The van der Waals surface area contributed by atoms with Crippen molar-refractivity contribution in [2.75, 3.05) is 13.1 Å². The third-order valence-corrected chi connectivity index (χ3v) is 3.84. The number of unbranched alkanes of at least 4 members (excludes halogenated alkanes) is 1. The maximum absolute atomic E-state index is 5.37. The quantitative estimate of drug-likeness (QED) is 0.787. The highest BCUT2D eigenvalue weighted by molar-refractivity contribution is 5.05. The Bertz CT molecular complexity index is 372. The second kappa shape index (κ2) is 4.77. The normalized spacial score (nSPS) is 25.6. The molecule has 1 saturated heterocycles. The summed E-state index contributed by atoms with van der Waals surface area (Å²) in [7, 11) is 0. The molecule has 0 N–H and O–H groups in total. The van der Waals surface area contributed by atoms with Crippen LogP contribution in [0, 0.1) is 0 Å². The molecule has 1 aliphatic heterocycles. The van der Waals surface area contributed by atoms with E-state index in [2.05, 4.69) is 22.0 Å². The Morgan fingerprint density at radius 3 is 3.00 bits per heavy atom. The highest BCUT2D eigenvalue weighted by atomic mass is 16.5. The van der Waals surface area contributed by atoms with E-state index in [-0.39, 0.29) is 0 Å². The van der Waals surface area contributed by atoms with Gasteiger partial charge in [-0.25, -0.2) is 0 Å². The first kappa shape index (κ1) is 11.2. The maximum atomic E-state index is 5.37. The number of nitrogens with zero attached hydrogens (tertiary/aromatic N) is 3. The van der Waals surface area contributed by atoms with Crippen molar-refractivity contribution in [3.63, 3.8) is 0 Å². The van der Waals surface area contributed by atoms with Crippen molar-refractivity contribution in [1.82, 2.24) is 15.0 Å². The molecule has 1 atom stereocenters. The molecule has 2 heterocycles. The summed E-state index contributed by atoms with van der Waals surface area (Å²) in [6, 6.07) is 0.415. The lowest BCUT2D eigenvalue weighted by molar-refractivity contribution is 0.239. The van der Waals surface area contributed by atoms with Crippen LogP contribution in [-0.2, 0) is 0 Å². The monoisotopic (exact) mass is 235 g/mol. The molecule has 3 rings (SSSR count). The van der Waals surface area contributed by atoms with Gasteiger partial charge in [0.2, 0.25) is 5.89 Å². The SMILES string of the molecule is CCCCN1CCC[C@@H]1c1noc(C2CC2)n1. The van der Waals surface area contributed by atoms with Gasteiger partial charge >= 0.3 is 0 Å². The van der Waals surface area contributed by atoms with Crippen LogP contribution in [0.3, 0.4) is 0 Å². The number of aromatic nitrogens is 2. The van der Waals surface area contributed by atoms with Gasteiger partial charge in [-0.3, -0.25) is 4.90 Å². The van der Waals surface area contributed by atoms with Crippen LogP contribution in [-0.4, -0.2) is 28.1 Å². The standard InChI is InChI=1S/C13H21N3O/c1-2-3-8-16-9-4-5-11(16)12-14-13(17-15-12)10-6-7-10/h10-11H,2-9H2,1H3/t11-/m1/s1. The molecule has 0 bridgehead atoms. The van der Waals surface area contributed by atoms with E-state index in [0.717, 1.165) is 11.7 Å². The van der Waals surface area contributed by atoms with Crippen molar-refractivity contribution in [2.24, 2.45) is 0 Å². The Kier molecular flexibility index (Phi) is 3.14. The Morgan fingerprint density at radius 1 is 1.35 bits per heavy atom. The molecule has 17 heavy (non-hydrogen) atoms. The first-order chi connectivity index (χ1) is 8.38. The van der Waals surface area contributed by atoms with Gasteiger partial charge in [0, 0.05) is 5.92 Å². The van der Waals surface area contributed by atoms with Gasteiger partial charge in [0.05, 0.1) is 6.04 Å². The summed E-state index contributed by atoms with van der Waals surface area (Å²) in [6.45, 7) is 4.61. The van der Waals surface area contributed by atoms with Crippen molar-refractivity contribution in [1.29, 1.82) is 0 Å². The summed E-state index contributed by atoms with van der Waals surface area (Å²) in [5, 5.41) is 4.19. The van der Waals surface area contributed by atoms with Crippen LogP contribution in [0.15, 0.2) is 4.52 Å². The van der Waals surface area contributed by atoms with Crippen LogP contribution in [0.4, 0.5) is 0 Å². The first-order valence-corrected chi connectivity index (χ1v) is 6.96. The molecule has 94 valence electrons. The van der Waals surface area contributed by atoms with Crippen LogP contribution in [0.5, 0.6) is 0 Å². The van der Waals surface area contributed by atoms with Gasteiger partial charge in [0.25, 0.3) is 0 Å². The first-order valence-electron chi connectivity index (χ1n) is 6.96. The van der Waals surface area contributed by atoms with E-state index in [9.17, 15) is 0 Å². The predicted octanol–water partition coefficient (Wildman–Crippen LogP) is 2.88. The van der Waals surface area contributed by atoms with Gasteiger partial charge in [-0.05, 0) is 45.2 Å². The number of rotatable bonds is 5. The summed E-state index contributed by atoms with van der Waals surface area (Å²) in [5.74, 6) is 2.38. The lowest BCUT2D eigenvalue weighted by Crippen LogP contribution is -2.25. The van der Waals surface area contributed by atoms with Gasteiger partial charge in [-0.15, -0.1) is 0 Å². The molecule has 1 aromatic rings. The zero-order valence-corrected chi connectivity index (χ0v) is 10.6. The van der Waals surface area contributed by atoms with E-state index in [4.69, 9.17) is 4.52 Å². The Balaban J connectivity index is 1.67. The van der Waals surface area contributed by atoms with Gasteiger partial charge in [-0.2, -0.15) is 4.98 Å². The zero-order valence-electron chi connectivity index (χ0n) is 10.6. The molecule has 4 nitrogen and oxygen atoms in total. The van der Waals surface area contributed by atoms with Crippen LogP contribution in [0.25, 0.3) is 0 Å².